The molecule has 13 heavy (non-hydrogen) atoms. The van der Waals surface area contributed by atoms with E-state index in [1.165, 1.54) is 6.07 Å². The topological polar surface area (TPSA) is 46.5 Å². The Morgan fingerprint density at radius 3 is 2.69 bits per heavy atom. The lowest BCUT2D eigenvalue weighted by Gasteiger charge is -1.99. The molecule has 1 heterocycles. The quantitative estimate of drug-likeness (QED) is 0.661. The zero-order chi connectivity index (χ0) is 9.64. The number of benzene rings is 1. The second kappa shape index (κ2) is 2.56. The smallest absolute Gasteiger partial charge is 0.199 e. The molecule has 0 fully saturated rings. The van der Waals surface area contributed by atoms with Crippen molar-refractivity contribution in [3.05, 3.63) is 29.3 Å². The molecule has 1 aliphatic heterocycles. The van der Waals surface area contributed by atoms with E-state index >= 15 is 0 Å². The van der Waals surface area contributed by atoms with Crippen LogP contribution in [0.4, 0.5) is 0 Å². The van der Waals surface area contributed by atoms with Crippen LogP contribution < -0.4 is 0 Å². The largest absolute Gasteiger partial charge is 0.284 e. The highest BCUT2D eigenvalue weighted by Crippen LogP contribution is 2.29. The normalized spacial score (nSPS) is 18.2. The predicted octanol–water partition coefficient (Wildman–Crippen LogP) is 1.68. The average Bonchev–Trinajstić information content (AvgIpc) is 2.24. The fourth-order valence-electron chi connectivity index (χ4n) is 1.32. The molecule has 0 spiro atoms. The molecule has 0 saturated carbocycles. The SMILES string of the molecule is Cc1cccc2c1C(Cl)=NS2(=O)=O. The second-order valence-electron chi connectivity index (χ2n) is 2.81. The molecular formula is C8H6ClNO2S. The molecule has 1 aliphatic rings. The van der Waals surface area contributed by atoms with Gasteiger partial charge in [-0.3, -0.25) is 0 Å². The summed E-state index contributed by atoms with van der Waals surface area (Å²) in [6, 6.07) is 4.99. The van der Waals surface area contributed by atoms with Gasteiger partial charge in [-0.15, -0.1) is 4.40 Å². The van der Waals surface area contributed by atoms with Gasteiger partial charge in [0.15, 0.2) is 5.17 Å². The minimum atomic E-state index is -3.52. The summed E-state index contributed by atoms with van der Waals surface area (Å²) in [6.45, 7) is 1.80. The van der Waals surface area contributed by atoms with Gasteiger partial charge in [0.05, 0.1) is 4.90 Å². The Morgan fingerprint density at radius 2 is 2.08 bits per heavy atom. The van der Waals surface area contributed by atoms with Crippen molar-refractivity contribution >= 4 is 26.8 Å². The first-order valence-electron chi connectivity index (χ1n) is 3.63. The monoisotopic (exact) mass is 215 g/mol. The van der Waals surface area contributed by atoms with Crippen molar-refractivity contribution in [1.82, 2.24) is 0 Å². The third kappa shape index (κ3) is 1.17. The summed E-state index contributed by atoms with van der Waals surface area (Å²) >= 11 is 5.70. The Hall–Kier alpha value is -0.870. The molecule has 0 amide bonds. The van der Waals surface area contributed by atoms with E-state index < -0.39 is 10.0 Å². The second-order valence-corrected chi connectivity index (χ2v) is 4.74. The van der Waals surface area contributed by atoms with Gasteiger partial charge in [0.2, 0.25) is 0 Å². The number of fused-ring (bicyclic) bond motifs is 1. The Morgan fingerprint density at radius 1 is 1.38 bits per heavy atom. The van der Waals surface area contributed by atoms with Crippen LogP contribution in [0.25, 0.3) is 0 Å². The standard InChI is InChI=1S/C8H6ClNO2S/c1-5-3-2-4-6-7(5)8(9)10-13(6,11)12/h2-4H,1H3. The summed E-state index contributed by atoms with van der Waals surface area (Å²) in [5.74, 6) is 0. The van der Waals surface area contributed by atoms with Crippen LogP contribution in [0.2, 0.25) is 0 Å². The molecule has 68 valence electrons. The molecule has 0 radical (unpaired) electrons. The first-order chi connectivity index (χ1) is 6.02. The van der Waals surface area contributed by atoms with E-state index in [0.29, 0.717) is 5.56 Å². The Kier molecular flexibility index (Phi) is 1.72. The van der Waals surface area contributed by atoms with E-state index in [0.717, 1.165) is 5.56 Å². The van der Waals surface area contributed by atoms with Gasteiger partial charge in [0.25, 0.3) is 10.0 Å². The Bertz CT molecular complexity index is 505. The number of hydrogen-bond donors (Lipinski definition) is 0. The van der Waals surface area contributed by atoms with E-state index in [2.05, 4.69) is 4.40 Å². The molecule has 0 unspecified atom stereocenters. The Balaban J connectivity index is 2.90. The summed E-state index contributed by atoms with van der Waals surface area (Å²) in [5, 5.41) is 0.0631. The van der Waals surface area contributed by atoms with Gasteiger partial charge >= 0.3 is 0 Å². The molecule has 0 aliphatic carbocycles. The first kappa shape index (κ1) is 8.72. The van der Waals surface area contributed by atoms with Crippen LogP contribution in [-0.2, 0) is 10.0 Å². The number of rotatable bonds is 0. The number of hydrogen-bond acceptors (Lipinski definition) is 2. The van der Waals surface area contributed by atoms with Crippen molar-refractivity contribution in [1.29, 1.82) is 0 Å². The molecule has 0 aromatic heterocycles. The number of halogens is 1. The van der Waals surface area contributed by atoms with Crippen LogP contribution in [-0.4, -0.2) is 13.6 Å². The van der Waals surface area contributed by atoms with E-state index in [1.54, 1.807) is 19.1 Å². The fraction of sp³-hybridized carbons (Fsp3) is 0.125. The lowest BCUT2D eigenvalue weighted by Crippen LogP contribution is -1.95. The van der Waals surface area contributed by atoms with Crippen molar-refractivity contribution in [2.24, 2.45) is 4.40 Å². The molecule has 2 rings (SSSR count). The maximum atomic E-state index is 11.3. The van der Waals surface area contributed by atoms with Crippen molar-refractivity contribution in [2.45, 2.75) is 11.8 Å². The van der Waals surface area contributed by atoms with Crippen LogP contribution >= 0.6 is 11.6 Å². The summed E-state index contributed by atoms with van der Waals surface area (Å²) in [6.07, 6.45) is 0. The van der Waals surface area contributed by atoms with Gasteiger partial charge in [-0.1, -0.05) is 23.7 Å². The zero-order valence-electron chi connectivity index (χ0n) is 6.78. The van der Waals surface area contributed by atoms with Crippen LogP contribution in [0.3, 0.4) is 0 Å². The zero-order valence-corrected chi connectivity index (χ0v) is 8.35. The van der Waals surface area contributed by atoms with Gasteiger partial charge in [-0.05, 0) is 18.6 Å². The van der Waals surface area contributed by atoms with Crippen LogP contribution in [0, 0.1) is 6.92 Å². The molecule has 5 heteroatoms. The molecular weight excluding hydrogens is 210 g/mol. The van der Waals surface area contributed by atoms with Gasteiger partial charge in [0, 0.05) is 5.56 Å². The minimum Gasteiger partial charge on any atom is -0.199 e. The summed E-state index contributed by atoms with van der Waals surface area (Å²) < 4.78 is 26.1. The predicted molar refractivity (Wildman–Crippen MR) is 50.8 cm³/mol. The van der Waals surface area contributed by atoms with Crippen molar-refractivity contribution in [2.75, 3.05) is 0 Å². The third-order valence-electron chi connectivity index (χ3n) is 1.92. The number of nitrogens with zero attached hydrogens (tertiary/aromatic N) is 1. The first-order valence-corrected chi connectivity index (χ1v) is 5.44. The highest BCUT2D eigenvalue weighted by Gasteiger charge is 2.28. The Labute approximate surface area is 81.1 Å². The molecule has 1 aromatic rings. The fourth-order valence-corrected chi connectivity index (χ4v) is 3.07. The number of aryl methyl sites for hydroxylation is 1. The molecule has 3 nitrogen and oxygen atoms in total. The van der Waals surface area contributed by atoms with Gasteiger partial charge < -0.3 is 0 Å². The van der Waals surface area contributed by atoms with Crippen molar-refractivity contribution in [3.63, 3.8) is 0 Å². The molecule has 0 N–H and O–H groups in total. The third-order valence-corrected chi connectivity index (χ3v) is 3.61. The van der Waals surface area contributed by atoms with Crippen LogP contribution in [0.1, 0.15) is 11.1 Å². The molecule has 1 aromatic carbocycles. The lowest BCUT2D eigenvalue weighted by atomic mass is 10.1. The molecule has 0 saturated heterocycles. The maximum absolute atomic E-state index is 11.3. The van der Waals surface area contributed by atoms with E-state index in [1.807, 2.05) is 0 Å². The lowest BCUT2D eigenvalue weighted by molar-refractivity contribution is 0.599. The molecule has 0 bridgehead atoms. The van der Waals surface area contributed by atoms with Gasteiger partial charge in [-0.2, -0.15) is 8.42 Å². The van der Waals surface area contributed by atoms with E-state index in [-0.39, 0.29) is 10.1 Å². The number of sulfonamides is 1. The van der Waals surface area contributed by atoms with Crippen molar-refractivity contribution in [3.8, 4) is 0 Å². The summed E-state index contributed by atoms with van der Waals surface area (Å²) in [5.41, 5.74) is 1.36. The van der Waals surface area contributed by atoms with Gasteiger partial charge in [-0.25, -0.2) is 0 Å². The van der Waals surface area contributed by atoms with Crippen LogP contribution in [0.5, 0.6) is 0 Å². The highest BCUT2D eigenvalue weighted by molar-refractivity contribution is 7.91. The molecule has 0 atom stereocenters. The summed E-state index contributed by atoms with van der Waals surface area (Å²) in [4.78, 5) is 0.206. The van der Waals surface area contributed by atoms with E-state index in [4.69, 9.17) is 11.6 Å². The summed E-state index contributed by atoms with van der Waals surface area (Å²) in [7, 11) is -3.52. The van der Waals surface area contributed by atoms with Crippen LogP contribution in [0.15, 0.2) is 27.5 Å². The van der Waals surface area contributed by atoms with Crippen molar-refractivity contribution < 1.29 is 8.42 Å². The van der Waals surface area contributed by atoms with E-state index in [9.17, 15) is 8.42 Å². The maximum Gasteiger partial charge on any atom is 0.284 e. The average molecular weight is 216 g/mol. The highest BCUT2D eigenvalue weighted by atomic mass is 35.5. The minimum absolute atomic E-state index is 0.0631. The van der Waals surface area contributed by atoms with Gasteiger partial charge in [0.1, 0.15) is 0 Å².